The molecule has 15 heavy (non-hydrogen) atoms. The number of aromatic nitrogens is 2. The highest BCUT2D eigenvalue weighted by atomic mass is 127. The molecule has 0 aliphatic heterocycles. The highest BCUT2D eigenvalue weighted by Crippen LogP contribution is 2.34. The summed E-state index contributed by atoms with van der Waals surface area (Å²) in [6.45, 7) is 2.03. The van der Waals surface area contributed by atoms with Gasteiger partial charge in [-0.25, -0.2) is 9.37 Å². The number of imidazole rings is 1. The molecule has 1 aliphatic carbocycles. The van der Waals surface area contributed by atoms with E-state index in [0.29, 0.717) is 5.92 Å². The molecule has 1 aromatic rings. The Bertz CT molecular complexity index is 329. The predicted octanol–water partition coefficient (Wildman–Crippen LogP) is 3.58. The van der Waals surface area contributed by atoms with Crippen LogP contribution in [-0.4, -0.2) is 15.7 Å². The molecule has 1 aromatic heterocycles. The summed E-state index contributed by atoms with van der Waals surface area (Å²) in [7, 11) is 0. The van der Waals surface area contributed by atoms with Gasteiger partial charge in [0.15, 0.2) is 0 Å². The molecule has 0 N–H and O–H groups in total. The molecule has 1 heterocycles. The number of hydrogen-bond donors (Lipinski definition) is 0. The summed E-state index contributed by atoms with van der Waals surface area (Å²) in [6.07, 6.45) is 4.79. The predicted molar refractivity (Wildman–Crippen MR) is 67.1 cm³/mol. The van der Waals surface area contributed by atoms with Crippen LogP contribution in [0.3, 0.4) is 0 Å². The van der Waals surface area contributed by atoms with E-state index < -0.39 is 6.17 Å². The van der Waals surface area contributed by atoms with Crippen molar-refractivity contribution in [2.75, 3.05) is 0 Å². The van der Waals surface area contributed by atoms with Crippen LogP contribution >= 0.6 is 22.6 Å². The third kappa shape index (κ3) is 2.34. The van der Waals surface area contributed by atoms with E-state index in [2.05, 4.69) is 32.1 Å². The maximum absolute atomic E-state index is 13.0. The van der Waals surface area contributed by atoms with Gasteiger partial charge in [0.1, 0.15) is 12.0 Å². The minimum absolute atomic E-state index is 0.521. The summed E-state index contributed by atoms with van der Waals surface area (Å²) in [5.41, 5.74) is 1.30. The molecule has 0 radical (unpaired) electrons. The van der Waals surface area contributed by atoms with E-state index in [0.717, 1.165) is 36.1 Å². The lowest BCUT2D eigenvalue weighted by Gasteiger charge is -2.24. The third-order valence-electron chi connectivity index (χ3n) is 3.28. The highest BCUT2D eigenvalue weighted by molar-refractivity contribution is 14.1. The molecular formula is C11H16FIN2. The van der Waals surface area contributed by atoms with E-state index >= 15 is 0 Å². The first kappa shape index (κ1) is 11.4. The quantitative estimate of drug-likeness (QED) is 0.601. The fraction of sp³-hybridized carbons (Fsp3) is 0.727. The highest BCUT2D eigenvalue weighted by Gasteiger charge is 2.24. The van der Waals surface area contributed by atoms with Crippen LogP contribution in [0.1, 0.15) is 43.1 Å². The summed E-state index contributed by atoms with van der Waals surface area (Å²) in [5.74, 6) is 1.59. The van der Waals surface area contributed by atoms with Crippen molar-refractivity contribution < 1.29 is 4.39 Å². The van der Waals surface area contributed by atoms with Gasteiger partial charge in [0, 0.05) is 17.8 Å². The van der Waals surface area contributed by atoms with Crippen molar-refractivity contribution in [2.45, 2.75) is 49.2 Å². The molecule has 4 heteroatoms. The molecule has 1 saturated carbocycles. The van der Waals surface area contributed by atoms with E-state index in [4.69, 9.17) is 0 Å². The van der Waals surface area contributed by atoms with Crippen LogP contribution in [0.5, 0.6) is 0 Å². The molecule has 0 saturated heterocycles. The topological polar surface area (TPSA) is 17.8 Å². The van der Waals surface area contributed by atoms with Crippen LogP contribution in [0.4, 0.5) is 4.39 Å². The Balaban J connectivity index is 2.15. The molecule has 0 unspecified atom stereocenters. The van der Waals surface area contributed by atoms with Gasteiger partial charge in [-0.3, -0.25) is 0 Å². The first-order valence-electron chi connectivity index (χ1n) is 5.44. The fourth-order valence-electron chi connectivity index (χ4n) is 2.32. The molecule has 84 valence electrons. The molecule has 0 atom stereocenters. The minimum atomic E-state index is -0.571. The standard InChI is InChI=1S/C11H16FIN2/c1-8-14-6-11(15(8)7-13)9-2-4-10(12)5-3-9/h6,9-10H,2-5,7H2,1H3. The van der Waals surface area contributed by atoms with Crippen molar-refractivity contribution in [2.24, 2.45) is 0 Å². The van der Waals surface area contributed by atoms with Crippen LogP contribution in [0.15, 0.2) is 6.20 Å². The van der Waals surface area contributed by atoms with Gasteiger partial charge in [-0.2, -0.15) is 0 Å². The van der Waals surface area contributed by atoms with E-state index in [1.165, 1.54) is 5.69 Å². The summed E-state index contributed by atoms with van der Waals surface area (Å²) in [5, 5.41) is 0. The smallest absolute Gasteiger partial charge is 0.106 e. The van der Waals surface area contributed by atoms with Crippen molar-refractivity contribution in [3.8, 4) is 0 Å². The SMILES string of the molecule is Cc1ncc(C2CCC(F)CC2)n1CI. The Morgan fingerprint density at radius 2 is 2.13 bits per heavy atom. The molecule has 0 spiro atoms. The zero-order valence-electron chi connectivity index (χ0n) is 8.92. The number of aryl methyl sites for hydroxylation is 1. The maximum atomic E-state index is 13.0. The fourth-order valence-corrected chi connectivity index (χ4v) is 3.20. The normalized spacial score (nSPS) is 26.9. The summed E-state index contributed by atoms with van der Waals surface area (Å²) >= 11 is 2.35. The molecule has 1 fully saturated rings. The molecule has 0 amide bonds. The van der Waals surface area contributed by atoms with Crippen molar-refractivity contribution in [3.63, 3.8) is 0 Å². The molecule has 0 bridgehead atoms. The van der Waals surface area contributed by atoms with Gasteiger partial charge in [-0.15, -0.1) is 0 Å². The molecule has 2 nitrogen and oxygen atoms in total. The van der Waals surface area contributed by atoms with E-state index in [9.17, 15) is 4.39 Å². The number of halogens is 2. The summed E-state index contributed by atoms with van der Waals surface area (Å²) in [6, 6.07) is 0. The molecule has 0 aromatic carbocycles. The van der Waals surface area contributed by atoms with Crippen molar-refractivity contribution in [1.82, 2.24) is 9.55 Å². The lowest BCUT2D eigenvalue weighted by atomic mass is 9.86. The Morgan fingerprint density at radius 1 is 1.47 bits per heavy atom. The second-order valence-corrected chi connectivity index (χ2v) is 4.91. The number of hydrogen-bond acceptors (Lipinski definition) is 1. The van der Waals surface area contributed by atoms with Crippen molar-refractivity contribution >= 4 is 22.6 Å². The Morgan fingerprint density at radius 3 is 2.73 bits per heavy atom. The van der Waals surface area contributed by atoms with Gasteiger partial charge in [0.2, 0.25) is 0 Å². The average Bonchev–Trinajstić information content (AvgIpc) is 2.61. The Labute approximate surface area is 103 Å². The van der Waals surface area contributed by atoms with Gasteiger partial charge in [-0.05, 0) is 32.6 Å². The van der Waals surface area contributed by atoms with Gasteiger partial charge in [0.05, 0.1) is 4.55 Å². The van der Waals surface area contributed by atoms with Crippen LogP contribution in [0.2, 0.25) is 0 Å². The van der Waals surface area contributed by atoms with Gasteiger partial charge >= 0.3 is 0 Å². The van der Waals surface area contributed by atoms with Crippen molar-refractivity contribution in [1.29, 1.82) is 0 Å². The number of rotatable bonds is 2. The molecule has 1 aliphatic rings. The summed E-state index contributed by atoms with van der Waals surface area (Å²) < 4.78 is 16.2. The molecular weight excluding hydrogens is 306 g/mol. The monoisotopic (exact) mass is 322 g/mol. The number of alkyl halides is 2. The second-order valence-electron chi connectivity index (χ2n) is 4.23. The van der Waals surface area contributed by atoms with Gasteiger partial charge in [-0.1, -0.05) is 22.6 Å². The zero-order chi connectivity index (χ0) is 10.8. The summed E-state index contributed by atoms with van der Waals surface area (Å²) in [4.78, 5) is 4.35. The Kier molecular flexibility index (Phi) is 3.64. The Hall–Kier alpha value is -0.130. The second kappa shape index (κ2) is 4.80. The third-order valence-corrected chi connectivity index (χ3v) is 3.96. The lowest BCUT2D eigenvalue weighted by Crippen LogP contribution is -2.16. The minimum Gasteiger partial charge on any atom is -0.322 e. The average molecular weight is 322 g/mol. The van der Waals surface area contributed by atoms with Crippen molar-refractivity contribution in [3.05, 3.63) is 17.7 Å². The van der Waals surface area contributed by atoms with E-state index in [1.54, 1.807) is 0 Å². The van der Waals surface area contributed by atoms with Crippen LogP contribution in [0, 0.1) is 6.92 Å². The number of nitrogens with zero attached hydrogens (tertiary/aromatic N) is 2. The zero-order valence-corrected chi connectivity index (χ0v) is 11.1. The molecule has 2 rings (SSSR count). The van der Waals surface area contributed by atoms with Gasteiger partial charge < -0.3 is 4.57 Å². The van der Waals surface area contributed by atoms with Gasteiger partial charge in [0.25, 0.3) is 0 Å². The first-order valence-corrected chi connectivity index (χ1v) is 6.97. The largest absolute Gasteiger partial charge is 0.322 e. The van der Waals surface area contributed by atoms with Crippen LogP contribution < -0.4 is 0 Å². The van der Waals surface area contributed by atoms with E-state index in [-0.39, 0.29) is 0 Å². The van der Waals surface area contributed by atoms with E-state index in [1.807, 2.05) is 13.1 Å². The lowest BCUT2D eigenvalue weighted by molar-refractivity contribution is 0.232. The van der Waals surface area contributed by atoms with Crippen LogP contribution in [0.25, 0.3) is 0 Å². The van der Waals surface area contributed by atoms with Crippen LogP contribution in [-0.2, 0) is 4.55 Å². The maximum Gasteiger partial charge on any atom is 0.106 e. The first-order chi connectivity index (χ1) is 7.22.